The van der Waals surface area contributed by atoms with Gasteiger partial charge in [-0.3, -0.25) is 4.79 Å². The third-order valence-corrected chi connectivity index (χ3v) is 4.60. The number of ether oxygens (including phenoxy) is 4. The fraction of sp³-hybridized carbons (Fsp3) is 0.364. The molecule has 1 heterocycles. The lowest BCUT2D eigenvalue weighted by molar-refractivity contribution is -0.155. The molecule has 3 rings (SSSR count). The van der Waals surface area contributed by atoms with Gasteiger partial charge >= 0.3 is 5.97 Å². The van der Waals surface area contributed by atoms with Crippen molar-refractivity contribution in [3.05, 3.63) is 48.5 Å². The monoisotopic (exact) mass is 414 g/mol. The zero-order valence-corrected chi connectivity index (χ0v) is 17.1. The van der Waals surface area contributed by atoms with E-state index in [-0.39, 0.29) is 6.61 Å². The van der Waals surface area contributed by atoms with Crippen molar-refractivity contribution in [2.45, 2.75) is 13.0 Å². The van der Waals surface area contributed by atoms with Gasteiger partial charge < -0.3 is 29.2 Å². The highest BCUT2D eigenvalue weighted by Crippen LogP contribution is 2.25. The summed E-state index contributed by atoms with van der Waals surface area (Å²) in [6, 6.07) is 14.5. The van der Waals surface area contributed by atoms with Gasteiger partial charge in [0.2, 0.25) is 0 Å². The molecule has 0 spiro atoms. The molecular formula is C22H26N2O6. The maximum Gasteiger partial charge on any atom is 0.344 e. The fourth-order valence-corrected chi connectivity index (χ4v) is 2.98. The molecule has 160 valence electrons. The van der Waals surface area contributed by atoms with Crippen molar-refractivity contribution >= 4 is 23.3 Å². The lowest BCUT2D eigenvalue weighted by Crippen LogP contribution is -2.36. The quantitative estimate of drug-likeness (QED) is 0.664. The lowest BCUT2D eigenvalue weighted by atomic mass is 10.2. The van der Waals surface area contributed by atoms with Crippen molar-refractivity contribution in [2.24, 2.45) is 0 Å². The molecule has 1 fully saturated rings. The molecule has 1 aliphatic rings. The van der Waals surface area contributed by atoms with Crippen molar-refractivity contribution in [3.8, 4) is 11.5 Å². The smallest absolute Gasteiger partial charge is 0.344 e. The van der Waals surface area contributed by atoms with Crippen LogP contribution in [0.4, 0.5) is 11.4 Å². The topological polar surface area (TPSA) is 86.3 Å². The van der Waals surface area contributed by atoms with Crippen LogP contribution in [0.5, 0.6) is 11.5 Å². The van der Waals surface area contributed by atoms with Gasteiger partial charge in [0.05, 0.1) is 20.3 Å². The molecule has 1 N–H and O–H groups in total. The molecule has 1 unspecified atom stereocenters. The van der Waals surface area contributed by atoms with Crippen LogP contribution in [-0.4, -0.2) is 58.0 Å². The van der Waals surface area contributed by atoms with E-state index in [1.165, 1.54) is 14.0 Å². The number of hydrogen-bond acceptors (Lipinski definition) is 7. The molecule has 0 bridgehead atoms. The van der Waals surface area contributed by atoms with E-state index in [1.807, 2.05) is 24.3 Å². The minimum absolute atomic E-state index is 0.327. The van der Waals surface area contributed by atoms with Crippen LogP contribution in [0.2, 0.25) is 0 Å². The Morgan fingerprint density at radius 2 is 1.73 bits per heavy atom. The summed E-state index contributed by atoms with van der Waals surface area (Å²) in [6.07, 6.45) is -0.960. The minimum atomic E-state index is -0.960. The van der Waals surface area contributed by atoms with Gasteiger partial charge in [-0.1, -0.05) is 12.1 Å². The molecule has 2 aromatic carbocycles. The number of anilines is 2. The summed E-state index contributed by atoms with van der Waals surface area (Å²) in [5.74, 6) is -0.128. The van der Waals surface area contributed by atoms with Gasteiger partial charge in [-0.15, -0.1) is 0 Å². The standard InChI is InChI=1S/C22H26N2O6/c1-16(30-21(25)15-29-20-6-4-3-5-19(20)27-2)22(26)23-17-7-9-18(10-8-17)24-11-13-28-14-12-24/h3-10,16H,11-15H2,1-2H3,(H,23,26). The molecule has 1 amide bonds. The summed E-state index contributed by atoms with van der Waals surface area (Å²) in [5, 5.41) is 2.75. The number of amides is 1. The number of esters is 1. The van der Waals surface area contributed by atoms with Crippen molar-refractivity contribution in [2.75, 3.05) is 50.2 Å². The number of carbonyl (C=O) groups is 2. The van der Waals surface area contributed by atoms with Gasteiger partial charge in [0.15, 0.2) is 24.2 Å². The van der Waals surface area contributed by atoms with Crippen LogP contribution in [0.1, 0.15) is 6.92 Å². The third kappa shape index (κ3) is 5.87. The van der Waals surface area contributed by atoms with E-state index in [9.17, 15) is 9.59 Å². The molecule has 8 nitrogen and oxygen atoms in total. The fourth-order valence-electron chi connectivity index (χ4n) is 2.98. The largest absolute Gasteiger partial charge is 0.493 e. The lowest BCUT2D eigenvalue weighted by Gasteiger charge is -2.28. The highest BCUT2D eigenvalue weighted by Gasteiger charge is 2.19. The molecule has 30 heavy (non-hydrogen) atoms. The molecule has 2 aromatic rings. The maximum atomic E-state index is 12.3. The molecule has 0 radical (unpaired) electrons. The van der Waals surface area contributed by atoms with Crippen molar-refractivity contribution in [3.63, 3.8) is 0 Å². The highest BCUT2D eigenvalue weighted by molar-refractivity contribution is 5.95. The van der Waals surface area contributed by atoms with Gasteiger partial charge in [0, 0.05) is 24.5 Å². The van der Waals surface area contributed by atoms with Gasteiger partial charge in [0.25, 0.3) is 5.91 Å². The molecule has 1 saturated heterocycles. The Hall–Kier alpha value is -3.26. The Morgan fingerprint density at radius 3 is 2.40 bits per heavy atom. The zero-order chi connectivity index (χ0) is 21.3. The van der Waals surface area contributed by atoms with Crippen LogP contribution in [0, 0.1) is 0 Å². The Labute approximate surface area is 175 Å². The molecule has 0 aromatic heterocycles. The first-order valence-electron chi connectivity index (χ1n) is 9.75. The first-order chi connectivity index (χ1) is 14.6. The molecule has 0 aliphatic carbocycles. The predicted molar refractivity (Wildman–Crippen MR) is 112 cm³/mol. The van der Waals surface area contributed by atoms with E-state index >= 15 is 0 Å². The molecule has 0 saturated carbocycles. The normalized spacial score (nSPS) is 14.5. The number of morpholine rings is 1. The van der Waals surface area contributed by atoms with E-state index in [2.05, 4.69) is 10.2 Å². The van der Waals surface area contributed by atoms with Crippen LogP contribution in [-0.2, 0) is 19.1 Å². The van der Waals surface area contributed by atoms with E-state index in [0.29, 0.717) is 30.4 Å². The van der Waals surface area contributed by atoms with Crippen molar-refractivity contribution in [1.82, 2.24) is 0 Å². The van der Waals surface area contributed by atoms with Crippen LogP contribution in [0.3, 0.4) is 0 Å². The number of benzene rings is 2. The van der Waals surface area contributed by atoms with E-state index in [1.54, 1.807) is 24.3 Å². The van der Waals surface area contributed by atoms with Crippen molar-refractivity contribution in [1.29, 1.82) is 0 Å². The summed E-state index contributed by atoms with van der Waals surface area (Å²) >= 11 is 0. The summed E-state index contributed by atoms with van der Waals surface area (Å²) in [7, 11) is 1.51. The Morgan fingerprint density at radius 1 is 1.07 bits per heavy atom. The second kappa shape index (κ2) is 10.5. The molecule has 8 heteroatoms. The third-order valence-electron chi connectivity index (χ3n) is 4.60. The highest BCUT2D eigenvalue weighted by atomic mass is 16.6. The molecule has 1 aliphatic heterocycles. The Kier molecular flexibility index (Phi) is 7.51. The average Bonchev–Trinajstić information content (AvgIpc) is 2.79. The number of methoxy groups -OCH3 is 1. The van der Waals surface area contributed by atoms with Gasteiger partial charge in [0.1, 0.15) is 0 Å². The number of nitrogens with zero attached hydrogens (tertiary/aromatic N) is 1. The molecular weight excluding hydrogens is 388 g/mol. The minimum Gasteiger partial charge on any atom is -0.493 e. The van der Waals surface area contributed by atoms with E-state index < -0.39 is 18.0 Å². The number of para-hydroxylation sites is 2. The van der Waals surface area contributed by atoms with E-state index in [4.69, 9.17) is 18.9 Å². The summed E-state index contributed by atoms with van der Waals surface area (Å²) in [5.41, 5.74) is 1.70. The first-order valence-corrected chi connectivity index (χ1v) is 9.75. The first kappa shape index (κ1) is 21.4. The zero-order valence-electron chi connectivity index (χ0n) is 17.1. The van der Waals surface area contributed by atoms with Crippen LogP contribution in [0.25, 0.3) is 0 Å². The SMILES string of the molecule is COc1ccccc1OCC(=O)OC(C)C(=O)Nc1ccc(N2CCOCC2)cc1. The summed E-state index contributed by atoms with van der Waals surface area (Å²) < 4.78 is 21.1. The second-order valence-corrected chi connectivity index (χ2v) is 6.71. The van der Waals surface area contributed by atoms with Gasteiger partial charge in [-0.2, -0.15) is 0 Å². The maximum absolute atomic E-state index is 12.3. The van der Waals surface area contributed by atoms with Crippen LogP contribution >= 0.6 is 0 Å². The molecule has 1 atom stereocenters. The van der Waals surface area contributed by atoms with Crippen LogP contribution < -0.4 is 19.7 Å². The number of rotatable bonds is 8. The summed E-state index contributed by atoms with van der Waals surface area (Å²) in [6.45, 7) is 4.29. The van der Waals surface area contributed by atoms with Gasteiger partial charge in [-0.25, -0.2) is 4.79 Å². The van der Waals surface area contributed by atoms with Crippen LogP contribution in [0.15, 0.2) is 48.5 Å². The summed E-state index contributed by atoms with van der Waals surface area (Å²) in [4.78, 5) is 26.6. The van der Waals surface area contributed by atoms with Crippen molar-refractivity contribution < 1.29 is 28.5 Å². The Balaban J connectivity index is 1.46. The second-order valence-electron chi connectivity index (χ2n) is 6.71. The Bertz CT molecular complexity index is 849. The predicted octanol–water partition coefficient (Wildman–Crippen LogP) is 2.48. The number of nitrogens with one attached hydrogen (secondary N) is 1. The average molecular weight is 414 g/mol. The number of carbonyl (C=O) groups excluding carboxylic acids is 2. The number of hydrogen-bond donors (Lipinski definition) is 1. The van der Waals surface area contributed by atoms with Gasteiger partial charge in [-0.05, 0) is 43.3 Å². The van der Waals surface area contributed by atoms with E-state index in [0.717, 1.165) is 18.8 Å².